The van der Waals surface area contributed by atoms with E-state index in [1.165, 1.54) is 0 Å². The van der Waals surface area contributed by atoms with Gasteiger partial charge in [0.25, 0.3) is 5.91 Å². The summed E-state index contributed by atoms with van der Waals surface area (Å²) in [5, 5.41) is 0. The van der Waals surface area contributed by atoms with Crippen molar-refractivity contribution in [2.24, 2.45) is 0 Å². The first kappa shape index (κ1) is 12.2. The van der Waals surface area contributed by atoms with Gasteiger partial charge in [-0.05, 0) is 38.1 Å². The molecule has 0 saturated carbocycles. The molecule has 0 atom stereocenters. The third kappa shape index (κ3) is 2.22. The van der Waals surface area contributed by atoms with Crippen LogP contribution in [0.3, 0.4) is 0 Å². The SMILES string of the molecule is COc1ccccc1C(=O)Nn1c(C)ccc1C. The van der Waals surface area contributed by atoms with Crippen LogP contribution in [0.1, 0.15) is 21.7 Å². The van der Waals surface area contributed by atoms with Gasteiger partial charge in [0, 0.05) is 11.4 Å². The molecule has 0 radical (unpaired) electrons. The Labute approximate surface area is 106 Å². The lowest BCUT2D eigenvalue weighted by molar-refractivity contribution is 0.100. The van der Waals surface area contributed by atoms with Crippen LogP contribution in [0.15, 0.2) is 36.4 Å². The first-order chi connectivity index (χ1) is 8.63. The number of carbonyl (C=O) groups excluding carboxylic acids is 1. The molecule has 0 aliphatic heterocycles. The third-order valence-corrected chi connectivity index (χ3v) is 2.84. The Hall–Kier alpha value is -2.23. The first-order valence-corrected chi connectivity index (χ1v) is 5.73. The van der Waals surface area contributed by atoms with Crippen LogP contribution in [0.5, 0.6) is 5.75 Å². The molecule has 0 fully saturated rings. The minimum absolute atomic E-state index is 0.185. The minimum atomic E-state index is -0.185. The molecular weight excluding hydrogens is 228 g/mol. The largest absolute Gasteiger partial charge is 0.496 e. The van der Waals surface area contributed by atoms with Crippen LogP contribution in [0.4, 0.5) is 0 Å². The molecule has 0 bridgehead atoms. The van der Waals surface area contributed by atoms with E-state index >= 15 is 0 Å². The van der Waals surface area contributed by atoms with E-state index in [0.717, 1.165) is 11.4 Å². The highest BCUT2D eigenvalue weighted by molar-refractivity contribution is 6.02. The van der Waals surface area contributed by atoms with Gasteiger partial charge in [-0.25, -0.2) is 0 Å². The molecule has 18 heavy (non-hydrogen) atoms. The monoisotopic (exact) mass is 244 g/mol. The molecule has 0 spiro atoms. The zero-order valence-electron chi connectivity index (χ0n) is 10.7. The number of rotatable bonds is 3. The van der Waals surface area contributed by atoms with Gasteiger partial charge in [-0.15, -0.1) is 0 Å². The summed E-state index contributed by atoms with van der Waals surface area (Å²) < 4.78 is 6.93. The van der Waals surface area contributed by atoms with Crippen molar-refractivity contribution < 1.29 is 9.53 Å². The number of hydrogen-bond donors (Lipinski definition) is 1. The van der Waals surface area contributed by atoms with E-state index in [4.69, 9.17) is 4.74 Å². The number of carbonyl (C=O) groups is 1. The number of methoxy groups -OCH3 is 1. The van der Waals surface area contributed by atoms with Crippen LogP contribution in [0.2, 0.25) is 0 Å². The Morgan fingerprint density at radius 1 is 1.11 bits per heavy atom. The number of amides is 1. The van der Waals surface area contributed by atoms with E-state index in [2.05, 4.69) is 5.43 Å². The highest BCUT2D eigenvalue weighted by Crippen LogP contribution is 2.17. The zero-order chi connectivity index (χ0) is 13.1. The van der Waals surface area contributed by atoms with Crippen LogP contribution in [-0.2, 0) is 0 Å². The fourth-order valence-electron chi connectivity index (χ4n) is 1.84. The molecule has 1 aromatic heterocycles. The Kier molecular flexibility index (Phi) is 3.37. The summed E-state index contributed by atoms with van der Waals surface area (Å²) in [7, 11) is 1.55. The van der Waals surface area contributed by atoms with Crippen LogP contribution < -0.4 is 10.2 Å². The van der Waals surface area contributed by atoms with Crippen LogP contribution in [0, 0.1) is 13.8 Å². The van der Waals surface area contributed by atoms with Crippen molar-refractivity contribution in [3.8, 4) is 5.75 Å². The van der Waals surface area contributed by atoms with Gasteiger partial charge < -0.3 is 4.74 Å². The summed E-state index contributed by atoms with van der Waals surface area (Å²) in [5.74, 6) is 0.382. The molecule has 1 amide bonds. The number of nitrogens with one attached hydrogen (secondary N) is 1. The van der Waals surface area contributed by atoms with Crippen molar-refractivity contribution in [2.45, 2.75) is 13.8 Å². The molecule has 0 aliphatic carbocycles. The van der Waals surface area contributed by atoms with E-state index < -0.39 is 0 Å². The molecule has 2 aromatic rings. The fraction of sp³-hybridized carbons (Fsp3) is 0.214. The molecule has 2 rings (SSSR count). The van der Waals surface area contributed by atoms with Gasteiger partial charge in [-0.1, -0.05) is 12.1 Å². The maximum Gasteiger partial charge on any atom is 0.273 e. The van der Waals surface area contributed by atoms with Gasteiger partial charge >= 0.3 is 0 Å². The average molecular weight is 244 g/mol. The second-order valence-electron chi connectivity index (χ2n) is 4.09. The number of aromatic nitrogens is 1. The molecule has 94 valence electrons. The standard InChI is InChI=1S/C14H16N2O2/c1-10-8-9-11(2)16(10)15-14(17)12-6-4-5-7-13(12)18-3/h4-9H,1-3H3,(H,15,17). The lowest BCUT2D eigenvalue weighted by Crippen LogP contribution is -2.25. The summed E-state index contributed by atoms with van der Waals surface area (Å²) in [6, 6.07) is 11.1. The van der Waals surface area contributed by atoms with Gasteiger partial charge in [0.2, 0.25) is 0 Å². The molecule has 1 aromatic carbocycles. The molecule has 0 unspecified atom stereocenters. The topological polar surface area (TPSA) is 43.3 Å². The number of hydrogen-bond acceptors (Lipinski definition) is 2. The Morgan fingerprint density at radius 3 is 2.33 bits per heavy atom. The minimum Gasteiger partial charge on any atom is -0.496 e. The summed E-state index contributed by atoms with van der Waals surface area (Å²) in [6.45, 7) is 3.88. The summed E-state index contributed by atoms with van der Waals surface area (Å²) in [5.41, 5.74) is 5.33. The predicted octanol–water partition coefficient (Wildman–Crippen LogP) is 2.50. The van der Waals surface area contributed by atoms with Gasteiger partial charge in [-0.2, -0.15) is 0 Å². The van der Waals surface area contributed by atoms with Crippen molar-refractivity contribution in [1.29, 1.82) is 0 Å². The Bertz CT molecular complexity index is 553. The van der Waals surface area contributed by atoms with E-state index in [-0.39, 0.29) is 5.91 Å². The molecule has 0 aliphatic rings. The molecular formula is C14H16N2O2. The van der Waals surface area contributed by atoms with Crippen molar-refractivity contribution in [3.63, 3.8) is 0 Å². The number of ether oxygens (including phenoxy) is 1. The lowest BCUT2D eigenvalue weighted by Gasteiger charge is -2.13. The van der Waals surface area contributed by atoms with Crippen molar-refractivity contribution >= 4 is 5.91 Å². The van der Waals surface area contributed by atoms with Gasteiger partial charge in [-0.3, -0.25) is 14.9 Å². The normalized spacial score (nSPS) is 10.2. The first-order valence-electron chi connectivity index (χ1n) is 5.73. The third-order valence-electron chi connectivity index (χ3n) is 2.84. The van der Waals surface area contributed by atoms with Crippen molar-refractivity contribution in [2.75, 3.05) is 12.5 Å². The average Bonchev–Trinajstić information content (AvgIpc) is 2.70. The summed E-state index contributed by atoms with van der Waals surface area (Å²) >= 11 is 0. The molecule has 1 N–H and O–H groups in total. The number of para-hydroxylation sites is 1. The van der Waals surface area contributed by atoms with Crippen LogP contribution in [-0.4, -0.2) is 17.7 Å². The maximum atomic E-state index is 12.2. The molecule has 4 nitrogen and oxygen atoms in total. The van der Waals surface area contributed by atoms with E-state index in [1.807, 2.05) is 38.1 Å². The molecule has 0 saturated heterocycles. The number of nitrogens with zero attached hydrogens (tertiary/aromatic N) is 1. The number of benzene rings is 1. The number of aryl methyl sites for hydroxylation is 2. The zero-order valence-corrected chi connectivity index (χ0v) is 10.7. The fourth-order valence-corrected chi connectivity index (χ4v) is 1.84. The van der Waals surface area contributed by atoms with Crippen molar-refractivity contribution in [3.05, 3.63) is 53.3 Å². The predicted molar refractivity (Wildman–Crippen MR) is 70.6 cm³/mol. The summed E-state index contributed by atoms with van der Waals surface area (Å²) in [4.78, 5) is 12.2. The van der Waals surface area contributed by atoms with Crippen molar-refractivity contribution in [1.82, 2.24) is 4.68 Å². The maximum absolute atomic E-state index is 12.2. The van der Waals surface area contributed by atoms with Crippen LogP contribution in [0.25, 0.3) is 0 Å². The highest BCUT2D eigenvalue weighted by Gasteiger charge is 2.12. The van der Waals surface area contributed by atoms with Gasteiger partial charge in [0.05, 0.1) is 12.7 Å². The molecule has 4 heteroatoms. The Balaban J connectivity index is 2.28. The van der Waals surface area contributed by atoms with Crippen LogP contribution >= 0.6 is 0 Å². The second kappa shape index (κ2) is 4.96. The van der Waals surface area contributed by atoms with Gasteiger partial charge in [0.1, 0.15) is 5.75 Å². The van der Waals surface area contributed by atoms with E-state index in [1.54, 1.807) is 23.9 Å². The van der Waals surface area contributed by atoms with Gasteiger partial charge in [0.15, 0.2) is 0 Å². The quantitative estimate of drug-likeness (QED) is 0.901. The Morgan fingerprint density at radius 2 is 1.72 bits per heavy atom. The lowest BCUT2D eigenvalue weighted by atomic mass is 10.2. The van der Waals surface area contributed by atoms with E-state index in [0.29, 0.717) is 11.3 Å². The van der Waals surface area contributed by atoms with E-state index in [9.17, 15) is 4.79 Å². The second-order valence-corrected chi connectivity index (χ2v) is 4.09. The highest BCUT2D eigenvalue weighted by atomic mass is 16.5. The smallest absolute Gasteiger partial charge is 0.273 e. The molecule has 1 heterocycles. The summed E-state index contributed by atoms with van der Waals surface area (Å²) in [6.07, 6.45) is 0.